The third kappa shape index (κ3) is 3.05. The molecule has 0 saturated carbocycles. The van der Waals surface area contributed by atoms with Gasteiger partial charge in [0, 0.05) is 5.02 Å². The molecule has 1 aliphatic heterocycles. The number of benzene rings is 1. The van der Waals surface area contributed by atoms with Gasteiger partial charge in [0.25, 0.3) is 0 Å². The summed E-state index contributed by atoms with van der Waals surface area (Å²) in [5.41, 5.74) is -1.54. The van der Waals surface area contributed by atoms with E-state index in [0.717, 1.165) is 12.1 Å². The summed E-state index contributed by atoms with van der Waals surface area (Å²) in [5, 5.41) is 0.174. The third-order valence-electron chi connectivity index (χ3n) is 4.18. The average molecular weight is 333 g/mol. The van der Waals surface area contributed by atoms with Crippen molar-refractivity contribution < 1.29 is 22.5 Å². The Hall–Kier alpha value is -0.975. The molecule has 0 atom stereocenters. The van der Waals surface area contributed by atoms with Crippen LogP contribution < -0.4 is 0 Å². The van der Waals surface area contributed by atoms with Crippen LogP contribution >= 0.6 is 11.6 Å². The maximum Gasteiger partial charge on any atom is 0.494 e. The normalized spacial score (nSPS) is 20.3. The lowest BCUT2D eigenvalue weighted by molar-refractivity contribution is -0.137. The summed E-state index contributed by atoms with van der Waals surface area (Å²) < 4.78 is 50.2. The van der Waals surface area contributed by atoms with Crippen LogP contribution in [-0.2, 0) is 15.5 Å². The zero-order chi connectivity index (χ0) is 16.9. The Balaban J connectivity index is 2.35. The number of alkyl halides is 3. The zero-order valence-electron chi connectivity index (χ0n) is 12.8. The molecule has 120 valence electrons. The van der Waals surface area contributed by atoms with Crippen LogP contribution in [0.15, 0.2) is 24.8 Å². The lowest BCUT2D eigenvalue weighted by Gasteiger charge is -2.32. The summed E-state index contributed by atoms with van der Waals surface area (Å²) in [6, 6.07) is 3.11. The zero-order valence-corrected chi connectivity index (χ0v) is 13.6. The number of hydrogen-bond acceptors (Lipinski definition) is 2. The van der Waals surface area contributed by atoms with E-state index in [-0.39, 0.29) is 16.1 Å². The summed E-state index contributed by atoms with van der Waals surface area (Å²) in [5.74, 6) is 0. The SMILES string of the molecule is C=C(B1OC(C)(C)C(C)(C)O1)c1cc(C(F)(F)F)ccc1Cl. The topological polar surface area (TPSA) is 18.5 Å². The molecule has 0 unspecified atom stereocenters. The van der Waals surface area contributed by atoms with E-state index in [1.165, 1.54) is 6.07 Å². The molecular weight excluding hydrogens is 315 g/mol. The highest BCUT2D eigenvalue weighted by Crippen LogP contribution is 2.42. The monoisotopic (exact) mass is 332 g/mol. The Morgan fingerprint density at radius 3 is 2.09 bits per heavy atom. The van der Waals surface area contributed by atoms with Crippen LogP contribution in [0.2, 0.25) is 5.02 Å². The van der Waals surface area contributed by atoms with Gasteiger partial charge in [-0.3, -0.25) is 0 Å². The van der Waals surface area contributed by atoms with Crippen LogP contribution in [0, 0.1) is 0 Å². The molecule has 1 saturated heterocycles. The van der Waals surface area contributed by atoms with E-state index < -0.39 is 30.1 Å². The Kier molecular flexibility index (Phi) is 4.18. The Bertz CT molecular complexity index is 595. The van der Waals surface area contributed by atoms with Gasteiger partial charge in [-0.2, -0.15) is 13.2 Å². The number of rotatable bonds is 2. The smallest absolute Gasteiger partial charge is 0.399 e. The van der Waals surface area contributed by atoms with Gasteiger partial charge in [-0.15, -0.1) is 0 Å². The first-order chi connectivity index (χ1) is 9.85. The molecule has 22 heavy (non-hydrogen) atoms. The van der Waals surface area contributed by atoms with Crippen molar-refractivity contribution in [1.82, 2.24) is 0 Å². The number of halogens is 4. The fraction of sp³-hybridized carbons (Fsp3) is 0.467. The van der Waals surface area contributed by atoms with Crippen LogP contribution in [-0.4, -0.2) is 18.3 Å². The van der Waals surface area contributed by atoms with Gasteiger partial charge in [0.2, 0.25) is 0 Å². The molecule has 2 nitrogen and oxygen atoms in total. The van der Waals surface area contributed by atoms with Crippen molar-refractivity contribution in [2.75, 3.05) is 0 Å². The van der Waals surface area contributed by atoms with Gasteiger partial charge < -0.3 is 9.31 Å². The standard InChI is InChI=1S/C15H17BClF3O2/c1-9(16-21-13(2,3)14(4,5)22-16)11-8-10(15(18,19)20)6-7-12(11)17/h6-8H,1H2,2-5H3. The van der Waals surface area contributed by atoms with Crippen LogP contribution in [0.25, 0.3) is 5.47 Å². The minimum atomic E-state index is -4.45. The van der Waals surface area contributed by atoms with Crippen molar-refractivity contribution in [3.05, 3.63) is 40.9 Å². The van der Waals surface area contributed by atoms with Gasteiger partial charge in [0.15, 0.2) is 0 Å². The van der Waals surface area contributed by atoms with Crippen molar-refractivity contribution in [3.8, 4) is 0 Å². The first kappa shape index (κ1) is 17.4. The van der Waals surface area contributed by atoms with E-state index in [0.29, 0.717) is 0 Å². The highest BCUT2D eigenvalue weighted by atomic mass is 35.5. The predicted octanol–water partition coefficient (Wildman–Crippen LogP) is 5.00. The summed E-state index contributed by atoms with van der Waals surface area (Å²) in [6.07, 6.45) is -4.45. The lowest BCUT2D eigenvalue weighted by atomic mass is 9.75. The highest BCUT2D eigenvalue weighted by Gasteiger charge is 2.52. The largest absolute Gasteiger partial charge is 0.494 e. The Morgan fingerprint density at radius 2 is 1.64 bits per heavy atom. The van der Waals surface area contributed by atoms with Gasteiger partial charge in [0.1, 0.15) is 0 Å². The average Bonchev–Trinajstić information content (AvgIpc) is 2.56. The van der Waals surface area contributed by atoms with Crippen LogP contribution in [0.4, 0.5) is 13.2 Å². The van der Waals surface area contributed by atoms with Crippen LogP contribution in [0.1, 0.15) is 38.8 Å². The van der Waals surface area contributed by atoms with Gasteiger partial charge in [-0.1, -0.05) is 18.2 Å². The van der Waals surface area contributed by atoms with E-state index >= 15 is 0 Å². The fourth-order valence-corrected chi connectivity index (χ4v) is 2.30. The molecule has 0 spiro atoms. The number of hydrogen-bond donors (Lipinski definition) is 0. The summed E-state index contributed by atoms with van der Waals surface area (Å²) >= 11 is 6.02. The molecule has 0 amide bonds. The molecule has 1 aliphatic rings. The first-order valence-corrected chi connectivity index (χ1v) is 7.14. The van der Waals surface area contributed by atoms with Gasteiger partial charge in [-0.05, 0) is 56.9 Å². The molecule has 1 heterocycles. The quantitative estimate of drug-likeness (QED) is 0.709. The van der Waals surface area contributed by atoms with E-state index in [2.05, 4.69) is 6.58 Å². The summed E-state index contributed by atoms with van der Waals surface area (Å²) in [7, 11) is -0.842. The van der Waals surface area contributed by atoms with Gasteiger partial charge in [0.05, 0.1) is 16.8 Å². The van der Waals surface area contributed by atoms with Crippen LogP contribution in [0.5, 0.6) is 0 Å². The second-order valence-electron chi connectivity index (χ2n) is 6.31. The van der Waals surface area contributed by atoms with Crippen molar-refractivity contribution in [3.63, 3.8) is 0 Å². The van der Waals surface area contributed by atoms with Gasteiger partial charge >= 0.3 is 13.3 Å². The molecule has 0 bridgehead atoms. The fourth-order valence-electron chi connectivity index (χ4n) is 2.06. The Morgan fingerprint density at radius 1 is 1.14 bits per heavy atom. The van der Waals surface area contributed by atoms with E-state index in [9.17, 15) is 13.2 Å². The van der Waals surface area contributed by atoms with Crippen molar-refractivity contribution >= 4 is 24.2 Å². The maximum absolute atomic E-state index is 12.9. The van der Waals surface area contributed by atoms with Crippen LogP contribution in [0.3, 0.4) is 0 Å². The molecule has 7 heteroatoms. The van der Waals surface area contributed by atoms with Crippen molar-refractivity contribution in [2.24, 2.45) is 0 Å². The molecule has 1 aromatic carbocycles. The summed E-state index contributed by atoms with van der Waals surface area (Å²) in [6.45, 7) is 11.2. The molecule has 0 N–H and O–H groups in total. The van der Waals surface area contributed by atoms with E-state index in [4.69, 9.17) is 20.9 Å². The predicted molar refractivity (Wildman–Crippen MR) is 81.6 cm³/mol. The van der Waals surface area contributed by atoms with E-state index in [1.807, 2.05) is 27.7 Å². The lowest BCUT2D eigenvalue weighted by Crippen LogP contribution is -2.41. The molecule has 0 aromatic heterocycles. The minimum absolute atomic E-state index is 0.174. The molecule has 1 fully saturated rings. The molecular formula is C15H17BClF3O2. The van der Waals surface area contributed by atoms with E-state index in [1.54, 1.807) is 0 Å². The Labute approximate surface area is 133 Å². The molecule has 2 rings (SSSR count). The second-order valence-corrected chi connectivity index (χ2v) is 6.71. The van der Waals surface area contributed by atoms with Crippen molar-refractivity contribution in [2.45, 2.75) is 45.1 Å². The summed E-state index contributed by atoms with van der Waals surface area (Å²) in [4.78, 5) is 0. The maximum atomic E-state index is 12.9. The minimum Gasteiger partial charge on any atom is -0.399 e. The molecule has 1 aromatic rings. The third-order valence-corrected chi connectivity index (χ3v) is 4.51. The molecule has 0 aliphatic carbocycles. The molecule has 0 radical (unpaired) electrons. The highest BCUT2D eigenvalue weighted by molar-refractivity contribution is 6.69. The van der Waals surface area contributed by atoms with Crippen molar-refractivity contribution in [1.29, 1.82) is 0 Å². The second kappa shape index (κ2) is 5.29. The van der Waals surface area contributed by atoms with Gasteiger partial charge in [-0.25, -0.2) is 0 Å². The first-order valence-electron chi connectivity index (χ1n) is 6.77.